The number of nitrogens with two attached hydrogens (primary N) is 1. The lowest BCUT2D eigenvalue weighted by Gasteiger charge is -2.16. The average Bonchev–Trinajstić information content (AvgIpc) is 2.65. The molecule has 0 radical (unpaired) electrons. The van der Waals surface area contributed by atoms with Crippen LogP contribution in [-0.2, 0) is 11.2 Å². The van der Waals surface area contributed by atoms with Crippen molar-refractivity contribution in [2.45, 2.75) is 19.3 Å². The van der Waals surface area contributed by atoms with E-state index in [4.69, 9.17) is 5.73 Å². The Morgan fingerprint density at radius 1 is 1.40 bits per heavy atom. The molecule has 80 valence electrons. The van der Waals surface area contributed by atoms with E-state index in [9.17, 15) is 4.79 Å². The molecular formula is C12H16N2O. The van der Waals surface area contributed by atoms with Gasteiger partial charge in [0.25, 0.3) is 0 Å². The summed E-state index contributed by atoms with van der Waals surface area (Å²) in [6.07, 6.45) is 2.52. The molecule has 15 heavy (non-hydrogen) atoms. The van der Waals surface area contributed by atoms with Crippen molar-refractivity contribution in [1.82, 2.24) is 0 Å². The van der Waals surface area contributed by atoms with E-state index in [1.807, 2.05) is 17.0 Å². The molecule has 0 unspecified atom stereocenters. The van der Waals surface area contributed by atoms with Crippen molar-refractivity contribution in [3.63, 3.8) is 0 Å². The predicted octanol–water partition coefficient (Wildman–Crippen LogP) is 1.31. The number of amides is 1. The van der Waals surface area contributed by atoms with Crippen molar-refractivity contribution in [2.24, 2.45) is 5.73 Å². The summed E-state index contributed by atoms with van der Waals surface area (Å²) < 4.78 is 0. The first-order chi connectivity index (χ1) is 7.31. The zero-order valence-corrected chi connectivity index (χ0v) is 8.78. The molecule has 1 aliphatic rings. The minimum atomic E-state index is 0.236. The molecule has 1 aliphatic heterocycles. The van der Waals surface area contributed by atoms with Gasteiger partial charge in [-0.3, -0.25) is 4.79 Å². The van der Waals surface area contributed by atoms with Crippen molar-refractivity contribution in [1.29, 1.82) is 0 Å². The second-order valence-electron chi connectivity index (χ2n) is 3.86. The van der Waals surface area contributed by atoms with Gasteiger partial charge in [-0.1, -0.05) is 12.1 Å². The van der Waals surface area contributed by atoms with Crippen LogP contribution in [0.5, 0.6) is 0 Å². The fourth-order valence-electron chi connectivity index (χ4n) is 1.97. The van der Waals surface area contributed by atoms with Gasteiger partial charge >= 0.3 is 0 Å². The van der Waals surface area contributed by atoms with Crippen molar-refractivity contribution >= 4 is 11.6 Å². The van der Waals surface area contributed by atoms with E-state index in [0.29, 0.717) is 13.0 Å². The molecule has 2 N–H and O–H groups in total. The predicted molar refractivity (Wildman–Crippen MR) is 60.8 cm³/mol. The van der Waals surface area contributed by atoms with Gasteiger partial charge in [-0.15, -0.1) is 0 Å². The Balaban J connectivity index is 2.20. The maximum absolute atomic E-state index is 11.5. The van der Waals surface area contributed by atoms with Crippen LogP contribution >= 0.6 is 0 Å². The number of hydrogen-bond donors (Lipinski definition) is 1. The van der Waals surface area contributed by atoms with E-state index in [1.165, 1.54) is 5.56 Å². The van der Waals surface area contributed by atoms with Gasteiger partial charge in [-0.05, 0) is 37.1 Å². The Morgan fingerprint density at radius 2 is 2.27 bits per heavy atom. The molecule has 1 aromatic carbocycles. The first-order valence-corrected chi connectivity index (χ1v) is 5.40. The number of hydrogen-bond acceptors (Lipinski definition) is 2. The van der Waals surface area contributed by atoms with Crippen LogP contribution in [-0.4, -0.2) is 19.0 Å². The van der Waals surface area contributed by atoms with E-state index >= 15 is 0 Å². The van der Waals surface area contributed by atoms with E-state index in [2.05, 4.69) is 12.1 Å². The van der Waals surface area contributed by atoms with Crippen LogP contribution in [0.2, 0.25) is 0 Å². The van der Waals surface area contributed by atoms with Gasteiger partial charge < -0.3 is 10.6 Å². The monoisotopic (exact) mass is 204 g/mol. The maximum Gasteiger partial charge on any atom is 0.227 e. The summed E-state index contributed by atoms with van der Waals surface area (Å²) in [6, 6.07) is 8.10. The van der Waals surface area contributed by atoms with E-state index in [1.54, 1.807) is 0 Å². The summed E-state index contributed by atoms with van der Waals surface area (Å²) in [5.41, 5.74) is 7.73. The molecule has 0 aliphatic carbocycles. The molecule has 1 fully saturated rings. The van der Waals surface area contributed by atoms with Crippen LogP contribution in [0.4, 0.5) is 5.69 Å². The lowest BCUT2D eigenvalue weighted by molar-refractivity contribution is -0.117. The smallest absolute Gasteiger partial charge is 0.227 e. The van der Waals surface area contributed by atoms with Gasteiger partial charge in [-0.2, -0.15) is 0 Å². The average molecular weight is 204 g/mol. The summed E-state index contributed by atoms with van der Waals surface area (Å²) in [6.45, 7) is 1.50. The van der Waals surface area contributed by atoms with Gasteiger partial charge in [-0.25, -0.2) is 0 Å². The molecule has 2 rings (SSSR count). The fraction of sp³-hybridized carbons (Fsp3) is 0.417. The number of rotatable bonds is 3. The quantitative estimate of drug-likeness (QED) is 0.807. The molecular weight excluding hydrogens is 188 g/mol. The number of nitrogens with zero attached hydrogens (tertiary/aromatic N) is 1. The number of benzene rings is 1. The zero-order valence-electron chi connectivity index (χ0n) is 8.78. The molecule has 3 nitrogen and oxygen atoms in total. The third-order valence-corrected chi connectivity index (χ3v) is 2.73. The van der Waals surface area contributed by atoms with Crippen molar-refractivity contribution in [2.75, 3.05) is 18.0 Å². The Bertz CT molecular complexity index is 362. The van der Waals surface area contributed by atoms with Crippen molar-refractivity contribution < 1.29 is 4.79 Å². The third-order valence-electron chi connectivity index (χ3n) is 2.73. The normalized spacial score (nSPS) is 16.1. The summed E-state index contributed by atoms with van der Waals surface area (Å²) in [5.74, 6) is 0.236. The molecule has 1 aromatic rings. The highest BCUT2D eigenvalue weighted by molar-refractivity contribution is 5.95. The lowest BCUT2D eigenvalue weighted by Crippen LogP contribution is -2.23. The SMILES string of the molecule is NCCc1cccc(N2CCCC2=O)c1. The van der Waals surface area contributed by atoms with Crippen LogP contribution in [0, 0.1) is 0 Å². The van der Waals surface area contributed by atoms with E-state index in [-0.39, 0.29) is 5.91 Å². The van der Waals surface area contributed by atoms with Gasteiger partial charge in [0.05, 0.1) is 0 Å². The molecule has 0 saturated carbocycles. The molecule has 0 bridgehead atoms. The van der Waals surface area contributed by atoms with Gasteiger partial charge in [0.15, 0.2) is 0 Å². The highest BCUT2D eigenvalue weighted by Gasteiger charge is 2.21. The van der Waals surface area contributed by atoms with Crippen molar-refractivity contribution in [3.8, 4) is 0 Å². The zero-order chi connectivity index (χ0) is 10.7. The Morgan fingerprint density at radius 3 is 2.93 bits per heavy atom. The van der Waals surface area contributed by atoms with Crippen LogP contribution in [0.3, 0.4) is 0 Å². The molecule has 0 atom stereocenters. The summed E-state index contributed by atoms with van der Waals surface area (Å²) in [4.78, 5) is 13.4. The van der Waals surface area contributed by atoms with E-state index in [0.717, 1.165) is 25.1 Å². The minimum Gasteiger partial charge on any atom is -0.330 e. The summed E-state index contributed by atoms with van der Waals surface area (Å²) >= 11 is 0. The third kappa shape index (κ3) is 2.18. The van der Waals surface area contributed by atoms with Gasteiger partial charge in [0.2, 0.25) is 5.91 Å². The number of anilines is 1. The highest BCUT2D eigenvalue weighted by Crippen LogP contribution is 2.22. The molecule has 1 amide bonds. The summed E-state index contributed by atoms with van der Waals surface area (Å²) in [5, 5.41) is 0. The second kappa shape index (κ2) is 4.45. The Kier molecular flexibility index (Phi) is 3.02. The fourth-order valence-corrected chi connectivity index (χ4v) is 1.97. The minimum absolute atomic E-state index is 0.236. The second-order valence-corrected chi connectivity index (χ2v) is 3.86. The standard InChI is InChI=1S/C12H16N2O/c13-7-6-10-3-1-4-11(9-10)14-8-2-5-12(14)15/h1,3-4,9H,2,5-8,13H2. The highest BCUT2D eigenvalue weighted by atomic mass is 16.2. The first kappa shape index (κ1) is 10.2. The molecule has 1 saturated heterocycles. The number of carbonyl (C=O) groups is 1. The van der Waals surface area contributed by atoms with Crippen LogP contribution in [0.1, 0.15) is 18.4 Å². The van der Waals surface area contributed by atoms with Crippen LogP contribution in [0.15, 0.2) is 24.3 Å². The largest absolute Gasteiger partial charge is 0.330 e. The molecule has 3 heteroatoms. The van der Waals surface area contributed by atoms with Gasteiger partial charge in [0, 0.05) is 18.7 Å². The Hall–Kier alpha value is -1.35. The van der Waals surface area contributed by atoms with Crippen molar-refractivity contribution in [3.05, 3.63) is 29.8 Å². The summed E-state index contributed by atoms with van der Waals surface area (Å²) in [7, 11) is 0. The topological polar surface area (TPSA) is 46.3 Å². The number of carbonyl (C=O) groups excluding carboxylic acids is 1. The molecule has 0 spiro atoms. The van der Waals surface area contributed by atoms with Crippen LogP contribution in [0.25, 0.3) is 0 Å². The Labute approximate surface area is 89.9 Å². The lowest BCUT2D eigenvalue weighted by atomic mass is 10.1. The molecule has 0 aromatic heterocycles. The van der Waals surface area contributed by atoms with Crippen LogP contribution < -0.4 is 10.6 Å². The molecule has 1 heterocycles. The van der Waals surface area contributed by atoms with E-state index < -0.39 is 0 Å². The first-order valence-electron chi connectivity index (χ1n) is 5.40. The maximum atomic E-state index is 11.5. The van der Waals surface area contributed by atoms with Gasteiger partial charge in [0.1, 0.15) is 0 Å².